The Morgan fingerprint density at radius 2 is 1.74 bits per heavy atom. The van der Waals surface area contributed by atoms with E-state index in [0.717, 1.165) is 66.3 Å². The Hall–Kier alpha value is -4.84. The summed E-state index contributed by atoms with van der Waals surface area (Å²) in [5.41, 5.74) is 7.07. The van der Waals surface area contributed by atoms with Gasteiger partial charge in [0, 0.05) is 75.5 Å². The zero-order chi connectivity index (χ0) is 31.7. The predicted octanol–water partition coefficient (Wildman–Crippen LogP) is 4.41. The summed E-state index contributed by atoms with van der Waals surface area (Å²) in [6, 6.07) is 22.2. The molecule has 4 aromatic rings. The second kappa shape index (κ2) is 15.0. The molecule has 0 atom stereocenters. The summed E-state index contributed by atoms with van der Waals surface area (Å²) in [5.74, 6) is 0.990. The molecule has 2 amide bonds. The molecule has 240 valence electrons. The Morgan fingerprint density at radius 3 is 2.57 bits per heavy atom. The number of benzene rings is 3. The minimum atomic E-state index is -0.579. The van der Waals surface area contributed by atoms with Gasteiger partial charge in [-0.25, -0.2) is 10.3 Å². The Bertz CT molecular complexity index is 1660. The molecule has 0 aliphatic carbocycles. The number of hydrogen-bond donors (Lipinski definition) is 3. The number of nitrogens with one attached hydrogen (secondary N) is 2. The van der Waals surface area contributed by atoms with Crippen molar-refractivity contribution in [3.8, 4) is 11.5 Å². The maximum atomic E-state index is 13.0. The molecular formula is C35H39N5O6. The van der Waals surface area contributed by atoms with Crippen LogP contribution in [0.5, 0.6) is 11.5 Å². The molecule has 6 rings (SSSR count). The van der Waals surface area contributed by atoms with E-state index in [1.54, 1.807) is 16.5 Å². The van der Waals surface area contributed by atoms with Crippen LogP contribution >= 0.6 is 0 Å². The van der Waals surface area contributed by atoms with Gasteiger partial charge >= 0.3 is 6.09 Å². The molecular weight excluding hydrogens is 586 g/mol. The Morgan fingerprint density at radius 1 is 0.957 bits per heavy atom. The van der Waals surface area contributed by atoms with Crippen molar-refractivity contribution in [2.45, 2.75) is 19.5 Å². The highest BCUT2D eigenvalue weighted by Gasteiger charge is 2.23. The maximum absolute atomic E-state index is 13.0. The Kier molecular flexibility index (Phi) is 10.1. The molecule has 0 unspecified atom stereocenters. The quantitative estimate of drug-likeness (QED) is 0.120. The monoisotopic (exact) mass is 625 g/mol. The fourth-order valence-electron chi connectivity index (χ4n) is 5.83. The standard InChI is InChI=1S/C35H39N5O6/c41-34(37-43)12-10-26-5-7-27(8-6-26)23-38(14-13-29-22-36-31-4-2-1-3-30(29)31)19-20-44-35(42)40-17-15-39(16-18-40)24-28-9-11-32-33(21-28)46-25-45-32/h1-12,21-22,36,43H,13-20,23-25H2,(H,37,41). The van der Waals surface area contributed by atoms with Crippen LogP contribution in [-0.4, -0.2) is 89.6 Å². The van der Waals surface area contributed by atoms with Crippen molar-refractivity contribution in [3.05, 3.63) is 101 Å². The van der Waals surface area contributed by atoms with E-state index < -0.39 is 5.91 Å². The van der Waals surface area contributed by atoms with Crippen molar-refractivity contribution in [1.82, 2.24) is 25.2 Å². The summed E-state index contributed by atoms with van der Waals surface area (Å²) >= 11 is 0. The summed E-state index contributed by atoms with van der Waals surface area (Å²) in [4.78, 5) is 34.0. The molecule has 0 saturated carbocycles. The number of amides is 2. The van der Waals surface area contributed by atoms with Gasteiger partial charge in [-0.1, -0.05) is 48.5 Å². The molecule has 3 aromatic carbocycles. The molecule has 1 saturated heterocycles. The van der Waals surface area contributed by atoms with Crippen LogP contribution in [0, 0.1) is 0 Å². The molecule has 0 radical (unpaired) electrons. The molecule has 0 spiro atoms. The van der Waals surface area contributed by atoms with Gasteiger partial charge in [0.2, 0.25) is 6.79 Å². The fourth-order valence-corrected chi connectivity index (χ4v) is 5.83. The average Bonchev–Trinajstić information content (AvgIpc) is 3.73. The van der Waals surface area contributed by atoms with Gasteiger partial charge in [0.05, 0.1) is 0 Å². The zero-order valence-corrected chi connectivity index (χ0v) is 25.7. The minimum absolute atomic E-state index is 0.265. The van der Waals surface area contributed by atoms with Gasteiger partial charge in [-0.15, -0.1) is 0 Å². The molecule has 1 fully saturated rings. The van der Waals surface area contributed by atoms with E-state index in [0.29, 0.717) is 32.8 Å². The molecule has 3 N–H and O–H groups in total. The summed E-state index contributed by atoms with van der Waals surface area (Å²) in [6.07, 6.45) is 5.55. The lowest BCUT2D eigenvalue weighted by Gasteiger charge is -2.34. The van der Waals surface area contributed by atoms with E-state index >= 15 is 0 Å². The number of aromatic amines is 1. The van der Waals surface area contributed by atoms with Crippen LogP contribution in [0.25, 0.3) is 17.0 Å². The smallest absolute Gasteiger partial charge is 0.409 e. The number of ether oxygens (including phenoxy) is 3. The number of hydroxylamine groups is 1. The summed E-state index contributed by atoms with van der Waals surface area (Å²) in [6.45, 7) is 6.20. The number of hydrogen-bond acceptors (Lipinski definition) is 8. The second-order valence-corrected chi connectivity index (χ2v) is 11.5. The first-order valence-corrected chi connectivity index (χ1v) is 15.5. The topological polar surface area (TPSA) is 120 Å². The highest BCUT2D eigenvalue weighted by molar-refractivity contribution is 5.90. The lowest BCUT2D eigenvalue weighted by molar-refractivity contribution is -0.124. The summed E-state index contributed by atoms with van der Waals surface area (Å²) in [7, 11) is 0. The van der Waals surface area contributed by atoms with E-state index in [1.807, 2.05) is 48.5 Å². The Balaban J connectivity index is 1.01. The molecule has 46 heavy (non-hydrogen) atoms. The normalized spacial score (nSPS) is 14.8. The molecule has 1 aromatic heterocycles. The molecule has 11 heteroatoms. The first-order valence-electron chi connectivity index (χ1n) is 15.5. The van der Waals surface area contributed by atoms with Gasteiger partial charge in [0.1, 0.15) is 6.61 Å². The number of H-pyrrole nitrogens is 1. The van der Waals surface area contributed by atoms with Gasteiger partial charge < -0.3 is 24.1 Å². The van der Waals surface area contributed by atoms with Crippen molar-refractivity contribution in [3.63, 3.8) is 0 Å². The molecule has 0 bridgehead atoms. The highest BCUT2D eigenvalue weighted by Crippen LogP contribution is 2.33. The third kappa shape index (κ3) is 8.05. The van der Waals surface area contributed by atoms with E-state index in [4.69, 9.17) is 19.4 Å². The number of carbonyl (C=O) groups excluding carboxylic acids is 2. The number of carbonyl (C=O) groups is 2. The second-order valence-electron chi connectivity index (χ2n) is 11.5. The maximum Gasteiger partial charge on any atom is 0.409 e. The summed E-state index contributed by atoms with van der Waals surface area (Å²) in [5, 5.41) is 9.91. The number of piperazine rings is 1. The van der Waals surface area contributed by atoms with E-state index in [-0.39, 0.29) is 12.9 Å². The van der Waals surface area contributed by atoms with E-state index in [9.17, 15) is 9.59 Å². The van der Waals surface area contributed by atoms with Crippen LogP contribution in [-0.2, 0) is 29.0 Å². The van der Waals surface area contributed by atoms with Crippen molar-refractivity contribution >= 4 is 29.0 Å². The number of para-hydroxylation sites is 1. The van der Waals surface area contributed by atoms with Crippen LogP contribution in [0.3, 0.4) is 0 Å². The number of nitrogens with zero attached hydrogens (tertiary/aromatic N) is 3. The first-order chi connectivity index (χ1) is 22.5. The minimum Gasteiger partial charge on any atom is -0.454 e. The van der Waals surface area contributed by atoms with Crippen LogP contribution in [0.4, 0.5) is 4.79 Å². The Labute approximate surface area is 267 Å². The molecule has 2 aliphatic rings. The molecule has 11 nitrogen and oxygen atoms in total. The van der Waals surface area contributed by atoms with Crippen molar-refractivity contribution < 1.29 is 29.0 Å². The fraction of sp³-hybridized carbons (Fsp3) is 0.314. The van der Waals surface area contributed by atoms with Gasteiger partial charge in [-0.05, 0) is 52.9 Å². The third-order valence-electron chi connectivity index (χ3n) is 8.40. The van der Waals surface area contributed by atoms with Gasteiger partial charge in [-0.2, -0.15) is 0 Å². The van der Waals surface area contributed by atoms with E-state index in [1.165, 1.54) is 17.0 Å². The van der Waals surface area contributed by atoms with Crippen LogP contribution in [0.15, 0.2) is 79.0 Å². The largest absolute Gasteiger partial charge is 0.454 e. The van der Waals surface area contributed by atoms with Crippen LogP contribution in [0.1, 0.15) is 22.3 Å². The van der Waals surface area contributed by atoms with Crippen molar-refractivity contribution in [2.75, 3.05) is 52.7 Å². The average molecular weight is 626 g/mol. The van der Waals surface area contributed by atoms with E-state index in [2.05, 4.69) is 39.2 Å². The van der Waals surface area contributed by atoms with Crippen LogP contribution in [0.2, 0.25) is 0 Å². The zero-order valence-electron chi connectivity index (χ0n) is 25.7. The summed E-state index contributed by atoms with van der Waals surface area (Å²) < 4.78 is 16.7. The van der Waals surface area contributed by atoms with Gasteiger partial charge in [-0.3, -0.25) is 19.8 Å². The highest BCUT2D eigenvalue weighted by atomic mass is 16.7. The number of fused-ring (bicyclic) bond motifs is 2. The van der Waals surface area contributed by atoms with Gasteiger partial charge in [0.25, 0.3) is 5.91 Å². The third-order valence-corrected chi connectivity index (χ3v) is 8.40. The van der Waals surface area contributed by atoms with Crippen molar-refractivity contribution in [2.24, 2.45) is 0 Å². The van der Waals surface area contributed by atoms with Crippen LogP contribution < -0.4 is 15.0 Å². The number of aromatic nitrogens is 1. The SMILES string of the molecule is O=C(C=Cc1ccc(CN(CCOC(=O)N2CCN(Cc3ccc4c(c3)OCO4)CC2)CCc2c[nH]c3ccccc23)cc1)NO. The van der Waals surface area contributed by atoms with Crippen molar-refractivity contribution in [1.29, 1.82) is 0 Å². The lowest BCUT2D eigenvalue weighted by Crippen LogP contribution is -2.48. The first kappa shape index (κ1) is 31.2. The predicted molar refractivity (Wildman–Crippen MR) is 173 cm³/mol. The molecule has 2 aliphatic heterocycles. The molecule has 3 heterocycles. The lowest BCUT2D eigenvalue weighted by atomic mass is 10.1. The van der Waals surface area contributed by atoms with Gasteiger partial charge in [0.15, 0.2) is 11.5 Å². The number of rotatable bonds is 12.